The molecule has 0 radical (unpaired) electrons. The third kappa shape index (κ3) is 4.44. The topological polar surface area (TPSA) is 68.7 Å². The van der Waals surface area contributed by atoms with Crippen molar-refractivity contribution in [3.8, 4) is 11.6 Å². The average Bonchev–Trinajstić information content (AvgIpc) is 2.32. The summed E-state index contributed by atoms with van der Waals surface area (Å²) in [5.41, 5.74) is 0.111. The van der Waals surface area contributed by atoms with Crippen LogP contribution in [0.1, 0.15) is 18.1 Å². The molecule has 1 N–H and O–H groups in total. The van der Waals surface area contributed by atoms with E-state index in [1.54, 1.807) is 6.92 Å². The molecular weight excluding hydrogens is 303 g/mol. The second kappa shape index (κ2) is 6.65. The lowest BCUT2D eigenvalue weighted by Gasteiger charge is -2.13. The predicted octanol–water partition coefficient (Wildman–Crippen LogP) is 2.53. The van der Waals surface area contributed by atoms with Crippen LogP contribution in [0.4, 0.5) is 13.2 Å². The van der Waals surface area contributed by atoms with Gasteiger partial charge in [0.25, 0.3) is 5.88 Å². The van der Waals surface area contributed by atoms with Crippen LogP contribution in [-0.4, -0.2) is 29.0 Å². The summed E-state index contributed by atoms with van der Waals surface area (Å²) in [6, 6.07) is 0. The number of halogens is 4. The molecule has 20 heavy (non-hydrogen) atoms. The van der Waals surface area contributed by atoms with Gasteiger partial charge in [-0.1, -0.05) is 0 Å². The number of nitrogens with zero attached hydrogens (tertiary/aromatic N) is 1. The Morgan fingerprint density at radius 3 is 2.65 bits per heavy atom. The number of esters is 1. The van der Waals surface area contributed by atoms with E-state index in [2.05, 4.69) is 9.72 Å². The maximum absolute atomic E-state index is 12.1. The Balaban J connectivity index is 3.05. The lowest BCUT2D eigenvalue weighted by Crippen LogP contribution is -2.18. The molecule has 1 rings (SSSR count). The lowest BCUT2D eigenvalue weighted by atomic mass is 10.1. The van der Waals surface area contributed by atoms with E-state index in [9.17, 15) is 23.1 Å². The van der Waals surface area contributed by atoms with Gasteiger partial charge in [0, 0.05) is 11.8 Å². The van der Waals surface area contributed by atoms with Crippen molar-refractivity contribution in [1.82, 2.24) is 4.98 Å². The molecule has 1 aromatic rings. The monoisotopic (exact) mass is 313 g/mol. The molecule has 0 unspecified atom stereocenters. The van der Waals surface area contributed by atoms with Gasteiger partial charge in [0.15, 0.2) is 5.75 Å². The van der Waals surface area contributed by atoms with Crippen LogP contribution < -0.4 is 4.74 Å². The third-order valence-corrected chi connectivity index (χ3v) is 2.47. The maximum atomic E-state index is 12.1. The fourth-order valence-corrected chi connectivity index (χ4v) is 1.71. The first kappa shape index (κ1) is 16.4. The maximum Gasteiger partial charge on any atom is 0.574 e. The van der Waals surface area contributed by atoms with Crippen LogP contribution in [0.25, 0.3) is 0 Å². The lowest BCUT2D eigenvalue weighted by molar-refractivity contribution is -0.276. The molecule has 9 heteroatoms. The number of hydrogen-bond donors (Lipinski definition) is 1. The van der Waals surface area contributed by atoms with E-state index in [1.165, 1.54) is 0 Å². The summed E-state index contributed by atoms with van der Waals surface area (Å²) in [5.74, 6) is -2.78. The van der Waals surface area contributed by atoms with Gasteiger partial charge in [0.2, 0.25) is 0 Å². The van der Waals surface area contributed by atoms with Gasteiger partial charge in [-0.25, -0.2) is 4.98 Å². The Morgan fingerprint density at radius 2 is 2.15 bits per heavy atom. The molecule has 0 aromatic carbocycles. The first-order valence-corrected chi connectivity index (χ1v) is 5.99. The minimum Gasteiger partial charge on any atom is -0.503 e. The van der Waals surface area contributed by atoms with Crippen LogP contribution in [0.15, 0.2) is 6.20 Å². The second-order valence-electron chi connectivity index (χ2n) is 3.58. The number of ether oxygens (including phenoxy) is 2. The number of hydrogen-bond acceptors (Lipinski definition) is 5. The number of carbonyl (C=O) groups is 1. The van der Waals surface area contributed by atoms with Crippen LogP contribution in [-0.2, 0) is 21.8 Å². The molecule has 0 saturated heterocycles. The van der Waals surface area contributed by atoms with Gasteiger partial charge in [-0.05, 0) is 12.5 Å². The van der Waals surface area contributed by atoms with Crippen molar-refractivity contribution < 1.29 is 32.5 Å². The number of aromatic nitrogens is 1. The van der Waals surface area contributed by atoms with Gasteiger partial charge in [-0.3, -0.25) is 4.79 Å². The zero-order valence-electron chi connectivity index (χ0n) is 10.3. The summed E-state index contributed by atoms with van der Waals surface area (Å²) >= 11 is 5.56. The highest BCUT2D eigenvalue weighted by Crippen LogP contribution is 2.34. The highest BCUT2D eigenvalue weighted by molar-refractivity contribution is 6.17. The highest BCUT2D eigenvalue weighted by atomic mass is 35.5. The standard InChI is InChI=1S/C11H11ClF3NO4/c1-2-19-8(17)3-6-5-16-10(20-11(13,14)15)9(18)7(6)4-12/h5,18H,2-4H2,1H3. The van der Waals surface area contributed by atoms with Crippen LogP contribution in [0.5, 0.6) is 11.6 Å². The second-order valence-corrected chi connectivity index (χ2v) is 3.85. The highest BCUT2D eigenvalue weighted by Gasteiger charge is 2.34. The van der Waals surface area contributed by atoms with Crippen molar-refractivity contribution in [2.24, 2.45) is 0 Å². The number of alkyl halides is 4. The molecular formula is C11H11ClF3NO4. The van der Waals surface area contributed by atoms with E-state index in [0.29, 0.717) is 0 Å². The van der Waals surface area contributed by atoms with Crippen LogP contribution in [0.2, 0.25) is 0 Å². The Kier molecular flexibility index (Phi) is 5.43. The third-order valence-electron chi connectivity index (χ3n) is 2.20. The Labute approximate surface area is 117 Å². The first-order chi connectivity index (χ1) is 9.28. The average molecular weight is 314 g/mol. The van der Waals surface area contributed by atoms with Crippen molar-refractivity contribution >= 4 is 17.6 Å². The SMILES string of the molecule is CCOC(=O)Cc1cnc(OC(F)(F)F)c(O)c1CCl. The van der Waals surface area contributed by atoms with E-state index in [4.69, 9.17) is 16.3 Å². The van der Waals surface area contributed by atoms with Gasteiger partial charge in [-0.2, -0.15) is 0 Å². The van der Waals surface area contributed by atoms with E-state index in [-0.39, 0.29) is 30.0 Å². The largest absolute Gasteiger partial charge is 0.574 e. The number of aromatic hydroxyl groups is 1. The van der Waals surface area contributed by atoms with Crippen LogP contribution in [0, 0.1) is 0 Å². The zero-order chi connectivity index (χ0) is 15.3. The quantitative estimate of drug-likeness (QED) is 0.668. The van der Waals surface area contributed by atoms with Crippen LogP contribution >= 0.6 is 11.6 Å². The molecule has 0 bridgehead atoms. The molecule has 0 spiro atoms. The summed E-state index contributed by atoms with van der Waals surface area (Å²) in [7, 11) is 0. The Morgan fingerprint density at radius 1 is 1.50 bits per heavy atom. The fourth-order valence-electron chi connectivity index (χ4n) is 1.41. The van der Waals surface area contributed by atoms with Crippen molar-refractivity contribution in [3.63, 3.8) is 0 Å². The summed E-state index contributed by atoms with van der Waals surface area (Å²) < 4.78 is 44.5. The van der Waals surface area contributed by atoms with Crippen molar-refractivity contribution in [3.05, 3.63) is 17.3 Å². The molecule has 0 atom stereocenters. The molecule has 1 aromatic heterocycles. The van der Waals surface area contributed by atoms with E-state index in [0.717, 1.165) is 6.20 Å². The zero-order valence-corrected chi connectivity index (χ0v) is 11.1. The minimum absolute atomic E-state index is 0.0611. The fraction of sp³-hybridized carbons (Fsp3) is 0.455. The van der Waals surface area contributed by atoms with E-state index in [1.807, 2.05) is 0 Å². The molecule has 0 fully saturated rings. The molecule has 0 aliphatic heterocycles. The molecule has 112 valence electrons. The molecule has 0 aliphatic carbocycles. The predicted molar refractivity (Wildman–Crippen MR) is 62.5 cm³/mol. The Hall–Kier alpha value is -1.70. The van der Waals surface area contributed by atoms with Gasteiger partial charge < -0.3 is 14.6 Å². The number of pyridine rings is 1. The van der Waals surface area contributed by atoms with Crippen molar-refractivity contribution in [2.75, 3.05) is 6.61 Å². The van der Waals surface area contributed by atoms with Crippen molar-refractivity contribution in [2.45, 2.75) is 25.6 Å². The number of carbonyl (C=O) groups excluding carboxylic acids is 1. The van der Waals surface area contributed by atoms with Gasteiger partial charge in [0.1, 0.15) is 0 Å². The molecule has 0 saturated carbocycles. The molecule has 1 heterocycles. The summed E-state index contributed by atoms with van der Waals surface area (Å²) in [6.07, 6.45) is -4.27. The summed E-state index contributed by atoms with van der Waals surface area (Å²) in [6.45, 7) is 1.76. The smallest absolute Gasteiger partial charge is 0.503 e. The van der Waals surface area contributed by atoms with E-state index < -0.39 is 24.0 Å². The number of rotatable bonds is 5. The summed E-state index contributed by atoms with van der Waals surface area (Å²) in [5, 5.41) is 9.65. The van der Waals surface area contributed by atoms with Gasteiger partial charge >= 0.3 is 12.3 Å². The van der Waals surface area contributed by atoms with E-state index >= 15 is 0 Å². The van der Waals surface area contributed by atoms with Crippen LogP contribution in [0.3, 0.4) is 0 Å². The van der Waals surface area contributed by atoms with Gasteiger partial charge in [-0.15, -0.1) is 24.8 Å². The first-order valence-electron chi connectivity index (χ1n) is 5.45. The molecule has 5 nitrogen and oxygen atoms in total. The Bertz CT molecular complexity index is 493. The summed E-state index contributed by atoms with van der Waals surface area (Å²) in [4.78, 5) is 14.6. The van der Waals surface area contributed by atoms with Crippen molar-refractivity contribution in [1.29, 1.82) is 0 Å². The molecule has 0 aliphatic rings. The normalized spacial score (nSPS) is 11.2. The van der Waals surface area contributed by atoms with Gasteiger partial charge in [0.05, 0.1) is 18.9 Å². The minimum atomic E-state index is -4.99. The molecule has 0 amide bonds.